The summed E-state index contributed by atoms with van der Waals surface area (Å²) in [7, 11) is 0. The van der Waals surface area contributed by atoms with Gasteiger partial charge in [-0.25, -0.2) is 4.39 Å². The fourth-order valence-electron chi connectivity index (χ4n) is 2.01. The molecule has 1 aliphatic rings. The summed E-state index contributed by atoms with van der Waals surface area (Å²) < 4.78 is 15.5. The van der Waals surface area contributed by atoms with Crippen molar-refractivity contribution < 1.29 is 4.39 Å². The Labute approximate surface area is 95.6 Å². The van der Waals surface area contributed by atoms with Gasteiger partial charge >= 0.3 is 0 Å². The minimum atomic E-state index is -1.26. The number of alkyl halides is 1. The Morgan fingerprint density at radius 2 is 2.21 bits per heavy atom. The van der Waals surface area contributed by atoms with E-state index in [1.807, 2.05) is 24.6 Å². The molecular formula is C10H13BrFNS. The van der Waals surface area contributed by atoms with E-state index in [4.69, 9.17) is 5.73 Å². The Bertz CT molecular complexity index is 363. The summed E-state index contributed by atoms with van der Waals surface area (Å²) in [6, 6.07) is -0.0423. The van der Waals surface area contributed by atoms with Gasteiger partial charge in [-0.3, -0.25) is 0 Å². The zero-order valence-electron chi connectivity index (χ0n) is 8.18. The first kappa shape index (κ1) is 10.6. The number of hydrogen-bond donors (Lipinski definition) is 1. The molecule has 0 bridgehead atoms. The number of halogens is 2. The van der Waals surface area contributed by atoms with Crippen LogP contribution in [0.4, 0.5) is 4.39 Å². The van der Waals surface area contributed by atoms with Gasteiger partial charge in [-0.05, 0) is 21.3 Å². The predicted octanol–water partition coefficient (Wildman–Crippen LogP) is 3.43. The van der Waals surface area contributed by atoms with Gasteiger partial charge in [0.1, 0.15) is 5.67 Å². The molecule has 0 radical (unpaired) electrons. The molecule has 1 saturated carbocycles. The predicted molar refractivity (Wildman–Crippen MR) is 61.2 cm³/mol. The van der Waals surface area contributed by atoms with E-state index in [1.54, 1.807) is 0 Å². The zero-order valence-corrected chi connectivity index (χ0v) is 10.6. The van der Waals surface area contributed by atoms with Crippen molar-refractivity contribution in [3.63, 3.8) is 0 Å². The quantitative estimate of drug-likeness (QED) is 0.836. The van der Waals surface area contributed by atoms with Crippen LogP contribution in [0.5, 0.6) is 0 Å². The van der Waals surface area contributed by atoms with Crippen LogP contribution in [0.2, 0.25) is 0 Å². The third-order valence-electron chi connectivity index (χ3n) is 3.49. The van der Waals surface area contributed by atoms with Gasteiger partial charge in [0.2, 0.25) is 0 Å². The van der Waals surface area contributed by atoms with Crippen molar-refractivity contribution in [3.8, 4) is 0 Å². The van der Waals surface area contributed by atoms with Gasteiger partial charge in [-0.2, -0.15) is 11.3 Å². The lowest BCUT2D eigenvalue weighted by molar-refractivity contribution is -0.108. The second kappa shape index (κ2) is 3.03. The Morgan fingerprint density at radius 1 is 1.57 bits per heavy atom. The van der Waals surface area contributed by atoms with Gasteiger partial charge in [0.15, 0.2) is 0 Å². The van der Waals surface area contributed by atoms with Gasteiger partial charge in [-0.15, -0.1) is 0 Å². The molecule has 2 N–H and O–H groups in total. The van der Waals surface area contributed by atoms with Crippen molar-refractivity contribution in [2.45, 2.75) is 32.0 Å². The van der Waals surface area contributed by atoms with Gasteiger partial charge < -0.3 is 5.73 Å². The first-order valence-electron chi connectivity index (χ1n) is 4.56. The highest BCUT2D eigenvalue weighted by atomic mass is 79.9. The van der Waals surface area contributed by atoms with Gasteiger partial charge in [0, 0.05) is 33.3 Å². The van der Waals surface area contributed by atoms with Gasteiger partial charge in [0.25, 0.3) is 0 Å². The fraction of sp³-hybridized carbons (Fsp3) is 0.600. The van der Waals surface area contributed by atoms with Crippen molar-refractivity contribution in [1.82, 2.24) is 0 Å². The molecule has 1 aromatic rings. The number of hydrogen-bond acceptors (Lipinski definition) is 2. The summed E-state index contributed by atoms with van der Waals surface area (Å²) in [5.41, 5.74) is 4.87. The smallest absolute Gasteiger partial charge is 0.145 e. The molecule has 4 heteroatoms. The van der Waals surface area contributed by atoms with Crippen LogP contribution in [0.3, 0.4) is 0 Å². The van der Waals surface area contributed by atoms with E-state index in [1.165, 1.54) is 11.3 Å². The first-order valence-corrected chi connectivity index (χ1v) is 6.30. The van der Waals surface area contributed by atoms with Gasteiger partial charge in [0.05, 0.1) is 0 Å². The Balaban J connectivity index is 2.41. The highest BCUT2D eigenvalue weighted by Gasteiger charge is 2.61. The first-order chi connectivity index (χ1) is 6.39. The SMILES string of the molecule is CC1(C)C(N)CC1(F)c1cscc1Br. The number of nitrogens with two attached hydrogens (primary N) is 1. The van der Waals surface area contributed by atoms with E-state index in [0.717, 1.165) is 10.0 Å². The standard InChI is InChI=1S/C10H13BrFNS/c1-9(2)8(13)3-10(9,12)6-4-14-5-7(6)11/h4-5,8H,3,13H2,1-2H3. The number of rotatable bonds is 1. The molecule has 1 nitrogen and oxygen atoms in total. The maximum Gasteiger partial charge on any atom is 0.145 e. The van der Waals surface area contributed by atoms with Crippen LogP contribution in [-0.4, -0.2) is 6.04 Å². The Morgan fingerprint density at radius 3 is 2.57 bits per heavy atom. The average molecular weight is 278 g/mol. The van der Waals surface area contributed by atoms with E-state index in [2.05, 4.69) is 15.9 Å². The molecule has 2 rings (SSSR count). The topological polar surface area (TPSA) is 26.0 Å². The molecule has 1 heterocycles. The minimum absolute atomic E-state index is 0.0423. The fourth-order valence-corrected chi connectivity index (χ4v) is 3.67. The summed E-state index contributed by atoms with van der Waals surface area (Å²) in [6.07, 6.45) is 0.426. The van der Waals surface area contributed by atoms with Crippen LogP contribution in [0.25, 0.3) is 0 Å². The lowest BCUT2D eigenvalue weighted by Crippen LogP contribution is -2.62. The highest BCUT2D eigenvalue weighted by molar-refractivity contribution is 9.10. The molecule has 0 saturated heterocycles. The molecular weight excluding hydrogens is 265 g/mol. The normalized spacial score (nSPS) is 35.4. The van der Waals surface area contributed by atoms with Crippen LogP contribution >= 0.6 is 27.3 Å². The molecule has 2 unspecified atom stereocenters. The number of thiophene rings is 1. The van der Waals surface area contributed by atoms with Crippen molar-refractivity contribution in [2.24, 2.45) is 11.1 Å². The lowest BCUT2D eigenvalue weighted by atomic mass is 9.55. The summed E-state index contributed by atoms with van der Waals surface area (Å²) >= 11 is 4.89. The van der Waals surface area contributed by atoms with Crippen LogP contribution in [0.15, 0.2) is 15.2 Å². The molecule has 0 aromatic carbocycles. The largest absolute Gasteiger partial charge is 0.327 e. The summed E-state index contributed by atoms with van der Waals surface area (Å²) in [5.74, 6) is 0. The van der Waals surface area contributed by atoms with Crippen molar-refractivity contribution in [2.75, 3.05) is 0 Å². The second-order valence-corrected chi connectivity index (χ2v) is 6.06. The molecule has 14 heavy (non-hydrogen) atoms. The summed E-state index contributed by atoms with van der Waals surface area (Å²) in [5, 5.41) is 3.79. The van der Waals surface area contributed by atoms with E-state index in [-0.39, 0.29) is 6.04 Å². The zero-order chi connectivity index (χ0) is 10.6. The van der Waals surface area contributed by atoms with E-state index in [0.29, 0.717) is 6.42 Å². The molecule has 78 valence electrons. The van der Waals surface area contributed by atoms with E-state index < -0.39 is 11.1 Å². The molecule has 1 fully saturated rings. The van der Waals surface area contributed by atoms with Crippen LogP contribution < -0.4 is 5.73 Å². The van der Waals surface area contributed by atoms with Crippen LogP contribution in [0, 0.1) is 5.41 Å². The third-order valence-corrected chi connectivity index (χ3v) is 5.19. The Hall–Kier alpha value is 0.0700. The molecule has 0 spiro atoms. The molecule has 0 amide bonds. The van der Waals surface area contributed by atoms with Crippen molar-refractivity contribution in [1.29, 1.82) is 0 Å². The van der Waals surface area contributed by atoms with E-state index >= 15 is 0 Å². The summed E-state index contributed by atoms with van der Waals surface area (Å²) in [6.45, 7) is 3.79. The molecule has 0 aliphatic heterocycles. The average Bonchev–Trinajstić information content (AvgIpc) is 2.51. The molecule has 1 aliphatic carbocycles. The monoisotopic (exact) mass is 277 g/mol. The summed E-state index contributed by atoms with van der Waals surface area (Å²) in [4.78, 5) is 0. The van der Waals surface area contributed by atoms with Crippen LogP contribution in [-0.2, 0) is 5.67 Å². The maximum absolute atomic E-state index is 14.7. The van der Waals surface area contributed by atoms with E-state index in [9.17, 15) is 4.39 Å². The van der Waals surface area contributed by atoms with Crippen molar-refractivity contribution in [3.05, 3.63) is 20.8 Å². The maximum atomic E-state index is 14.7. The molecule has 2 atom stereocenters. The minimum Gasteiger partial charge on any atom is -0.327 e. The molecule has 1 aromatic heterocycles. The second-order valence-electron chi connectivity index (χ2n) is 4.47. The lowest BCUT2D eigenvalue weighted by Gasteiger charge is -2.55. The Kier molecular flexibility index (Phi) is 2.29. The van der Waals surface area contributed by atoms with Gasteiger partial charge in [-0.1, -0.05) is 13.8 Å². The third kappa shape index (κ3) is 1.14. The van der Waals surface area contributed by atoms with Crippen LogP contribution in [0.1, 0.15) is 25.8 Å². The van der Waals surface area contributed by atoms with Crippen molar-refractivity contribution >= 4 is 27.3 Å². The highest BCUT2D eigenvalue weighted by Crippen LogP contribution is 2.59.